The molecule has 0 saturated heterocycles. The van der Waals surface area contributed by atoms with Gasteiger partial charge in [-0.1, -0.05) is 31.1 Å². The highest BCUT2D eigenvalue weighted by atomic mass is 32.9. The predicted molar refractivity (Wildman–Crippen MR) is 77.9 cm³/mol. The van der Waals surface area contributed by atoms with Crippen molar-refractivity contribution in [3.05, 3.63) is 0 Å². The van der Waals surface area contributed by atoms with Crippen LogP contribution in [0.25, 0.3) is 0 Å². The lowest BCUT2D eigenvalue weighted by atomic mass is 10.3. The van der Waals surface area contributed by atoms with E-state index in [-0.39, 0.29) is 0 Å². The van der Waals surface area contributed by atoms with Crippen LogP contribution in [-0.4, -0.2) is 25.2 Å². The molecule has 1 aliphatic rings. The minimum Gasteiger partial charge on any atom is -0.330 e. The van der Waals surface area contributed by atoms with Gasteiger partial charge in [0.1, 0.15) is 0 Å². The Kier molecular flexibility index (Phi) is 6.97. The number of rotatable bonds is 7. The molecule has 0 bridgehead atoms. The van der Waals surface area contributed by atoms with Crippen molar-refractivity contribution >= 4 is 35.1 Å². The highest BCUT2D eigenvalue weighted by Crippen LogP contribution is 2.55. The number of aliphatic imine (C=N–C) groups is 1. The second kappa shape index (κ2) is 7.70. The van der Waals surface area contributed by atoms with Gasteiger partial charge < -0.3 is 9.61 Å². The van der Waals surface area contributed by atoms with Crippen LogP contribution in [0.2, 0.25) is 0 Å². The molecule has 1 saturated carbocycles. The van der Waals surface area contributed by atoms with Gasteiger partial charge in [-0.2, -0.15) is 0 Å². The molecule has 0 aromatic rings. The maximum Gasteiger partial charge on any atom is 0.210 e. The first-order valence-corrected chi connectivity index (χ1v) is 10.1. The van der Waals surface area contributed by atoms with Gasteiger partial charge in [0.25, 0.3) is 0 Å². The summed E-state index contributed by atoms with van der Waals surface area (Å²) in [5, 5.41) is 3.18. The maximum absolute atomic E-state index is 5.46. The third-order valence-electron chi connectivity index (χ3n) is 2.53. The lowest BCUT2D eigenvalue weighted by molar-refractivity contribution is 0.467. The summed E-state index contributed by atoms with van der Waals surface area (Å²) in [6, 6.07) is 0.504. The minimum atomic E-state index is -1.92. The second-order valence-corrected chi connectivity index (χ2v) is 10.7. The fourth-order valence-electron chi connectivity index (χ4n) is 1.62. The third-order valence-corrected chi connectivity index (χ3v) is 8.42. The molecule has 0 heterocycles. The lowest BCUT2D eigenvalue weighted by Crippen LogP contribution is -2.09. The van der Waals surface area contributed by atoms with Crippen molar-refractivity contribution in [3.8, 4) is 0 Å². The van der Waals surface area contributed by atoms with Crippen molar-refractivity contribution in [2.45, 2.75) is 45.1 Å². The summed E-state index contributed by atoms with van der Waals surface area (Å²) in [4.78, 5) is 4.50. The zero-order valence-corrected chi connectivity index (χ0v) is 12.5. The van der Waals surface area contributed by atoms with E-state index in [0.29, 0.717) is 6.04 Å². The Balaban J connectivity index is 2.34. The fraction of sp³-hybridized carbons (Fsp3) is 0.900. The van der Waals surface area contributed by atoms with Crippen molar-refractivity contribution < 1.29 is 4.52 Å². The van der Waals surface area contributed by atoms with Crippen LogP contribution in [0.15, 0.2) is 4.99 Å². The van der Waals surface area contributed by atoms with E-state index in [0.717, 1.165) is 12.2 Å². The van der Waals surface area contributed by atoms with Crippen LogP contribution in [0.5, 0.6) is 0 Å². The van der Waals surface area contributed by atoms with E-state index in [9.17, 15) is 0 Å². The Morgan fingerprint density at radius 2 is 2.25 bits per heavy atom. The van der Waals surface area contributed by atoms with E-state index < -0.39 is 5.62 Å². The average Bonchev–Trinajstić information content (AvgIpc) is 2.79. The molecule has 1 atom stereocenters. The molecule has 6 heteroatoms. The highest BCUT2D eigenvalue weighted by Gasteiger charge is 2.15. The van der Waals surface area contributed by atoms with Crippen molar-refractivity contribution in [2.24, 2.45) is 4.99 Å². The third kappa shape index (κ3) is 5.17. The van der Waals surface area contributed by atoms with Gasteiger partial charge in [0.2, 0.25) is 5.62 Å². The fourth-order valence-corrected chi connectivity index (χ4v) is 5.30. The zero-order valence-electron chi connectivity index (χ0n) is 10.0. The summed E-state index contributed by atoms with van der Waals surface area (Å²) in [6.07, 6.45) is 7.96. The summed E-state index contributed by atoms with van der Waals surface area (Å²) >= 11 is 7.17. The molecule has 0 spiro atoms. The summed E-state index contributed by atoms with van der Waals surface area (Å²) < 4.78 is 5.39. The smallest absolute Gasteiger partial charge is 0.210 e. The molecular formula is C10H21N2OPS2. The largest absolute Gasteiger partial charge is 0.330 e. The van der Waals surface area contributed by atoms with E-state index in [4.69, 9.17) is 16.3 Å². The monoisotopic (exact) mass is 280 g/mol. The number of nitrogens with one attached hydrogen (secondary N) is 1. The number of hydrogen-bond acceptors (Lipinski definition) is 4. The molecule has 0 amide bonds. The van der Waals surface area contributed by atoms with E-state index in [2.05, 4.69) is 17.0 Å². The molecule has 1 unspecified atom stereocenters. The second-order valence-electron chi connectivity index (χ2n) is 3.86. The molecule has 1 fully saturated rings. The van der Waals surface area contributed by atoms with E-state index in [1.807, 2.05) is 0 Å². The Labute approximate surface area is 108 Å². The summed E-state index contributed by atoms with van der Waals surface area (Å²) in [7, 11) is 1.68. The molecule has 0 radical (unpaired) electrons. The van der Waals surface area contributed by atoms with E-state index >= 15 is 0 Å². The summed E-state index contributed by atoms with van der Waals surface area (Å²) in [6.45, 7) is 2.15. The Hall–Kier alpha value is 0.430. The van der Waals surface area contributed by atoms with Crippen molar-refractivity contribution in [2.75, 3.05) is 12.9 Å². The average molecular weight is 280 g/mol. The molecular weight excluding hydrogens is 259 g/mol. The highest BCUT2D eigenvalue weighted by molar-refractivity contribution is 8.68. The first-order chi connectivity index (χ1) is 7.70. The van der Waals surface area contributed by atoms with Crippen LogP contribution in [0.3, 0.4) is 0 Å². The molecule has 0 aliphatic heterocycles. The van der Waals surface area contributed by atoms with Gasteiger partial charge in [0.15, 0.2) is 0 Å². The SMILES string of the molecule is CCCSP(=S)(N/C=N/C1CCCC1)OC. The first kappa shape index (κ1) is 14.5. The van der Waals surface area contributed by atoms with Crippen molar-refractivity contribution in [3.63, 3.8) is 0 Å². The van der Waals surface area contributed by atoms with Gasteiger partial charge in [-0.15, -0.1) is 0 Å². The normalized spacial score (nSPS) is 21.4. The minimum absolute atomic E-state index is 0.504. The summed E-state index contributed by atoms with van der Waals surface area (Å²) in [5.41, 5.74) is -1.92. The molecule has 0 aromatic carbocycles. The summed E-state index contributed by atoms with van der Waals surface area (Å²) in [5.74, 6) is 1.04. The number of hydrogen-bond donors (Lipinski definition) is 1. The molecule has 1 aliphatic carbocycles. The molecule has 1 rings (SSSR count). The van der Waals surface area contributed by atoms with Crippen LogP contribution in [0.1, 0.15) is 39.0 Å². The molecule has 3 nitrogen and oxygen atoms in total. The van der Waals surface area contributed by atoms with Crippen molar-refractivity contribution in [1.82, 2.24) is 5.09 Å². The molecule has 94 valence electrons. The van der Waals surface area contributed by atoms with Crippen LogP contribution in [0.4, 0.5) is 0 Å². The van der Waals surface area contributed by atoms with Crippen LogP contribution in [0, 0.1) is 0 Å². The molecule has 0 aromatic heterocycles. The Bertz CT molecular complexity index is 268. The predicted octanol–water partition coefficient (Wildman–Crippen LogP) is 3.56. The van der Waals surface area contributed by atoms with Crippen LogP contribution >= 0.6 is 17.0 Å². The van der Waals surface area contributed by atoms with Gasteiger partial charge in [-0.05, 0) is 31.1 Å². The van der Waals surface area contributed by atoms with E-state index in [1.54, 1.807) is 24.8 Å². The topological polar surface area (TPSA) is 33.6 Å². The van der Waals surface area contributed by atoms with Crippen LogP contribution in [-0.2, 0) is 16.3 Å². The zero-order chi connectivity index (χ0) is 11.9. The van der Waals surface area contributed by atoms with Gasteiger partial charge in [-0.3, -0.25) is 4.99 Å². The quantitative estimate of drug-likeness (QED) is 0.439. The standard InChI is InChI=1S/C10H21N2OPS2/c1-3-8-16-14(15,13-2)12-9-11-10-6-4-5-7-10/h9-10H,3-8H2,1-2H3,(H,11,12,15). The van der Waals surface area contributed by atoms with Crippen LogP contribution < -0.4 is 5.09 Å². The lowest BCUT2D eigenvalue weighted by Gasteiger charge is -2.18. The van der Waals surface area contributed by atoms with E-state index in [1.165, 1.54) is 25.7 Å². The molecule has 16 heavy (non-hydrogen) atoms. The van der Waals surface area contributed by atoms with Gasteiger partial charge >= 0.3 is 0 Å². The molecule has 1 N–H and O–H groups in total. The maximum atomic E-state index is 5.46. The Morgan fingerprint density at radius 1 is 1.56 bits per heavy atom. The Morgan fingerprint density at radius 3 is 2.81 bits per heavy atom. The number of nitrogens with zero attached hydrogens (tertiary/aromatic N) is 1. The van der Waals surface area contributed by atoms with Gasteiger partial charge in [0.05, 0.1) is 12.4 Å². The van der Waals surface area contributed by atoms with Gasteiger partial charge in [0, 0.05) is 12.9 Å². The van der Waals surface area contributed by atoms with Crippen molar-refractivity contribution in [1.29, 1.82) is 0 Å². The first-order valence-electron chi connectivity index (χ1n) is 5.80. The van der Waals surface area contributed by atoms with Gasteiger partial charge in [-0.25, -0.2) is 0 Å².